The summed E-state index contributed by atoms with van der Waals surface area (Å²) in [7, 11) is 1.40. The number of hydrogen-bond donors (Lipinski definition) is 7. The first kappa shape index (κ1) is 44.8. The third-order valence-electron chi connectivity index (χ3n) is 10.6. The number of ketones is 1. The number of hydrogen-bond acceptors (Lipinski definition) is 9. The summed E-state index contributed by atoms with van der Waals surface area (Å²) in [5, 5.41) is 33.6. The fourth-order valence-corrected chi connectivity index (χ4v) is 7.23. The van der Waals surface area contributed by atoms with Crippen molar-refractivity contribution in [1.82, 2.24) is 26.2 Å². The first-order chi connectivity index (χ1) is 28.6. The molecule has 0 fully saturated rings. The number of carbonyl (C=O) groups is 6. The molecule has 0 aromatic heterocycles. The quantitative estimate of drug-likeness (QED) is 0.0939. The second-order valence-corrected chi connectivity index (χ2v) is 15.4. The molecule has 5 amide bonds. The minimum absolute atomic E-state index is 0.0655. The predicted octanol–water partition coefficient (Wildman–Crippen LogP) is 4.54. The van der Waals surface area contributed by atoms with Gasteiger partial charge in [0, 0.05) is 35.2 Å². The van der Waals surface area contributed by atoms with E-state index in [2.05, 4.69) is 21.3 Å². The Bertz CT molecular complexity index is 2230. The highest BCUT2D eigenvalue weighted by atomic mass is 35.5. The van der Waals surface area contributed by atoms with Crippen molar-refractivity contribution in [3.8, 4) is 33.8 Å². The number of nitrogens with two attached hydrogens (primary N) is 1. The molecule has 8 N–H and O–H groups in total. The molecule has 0 saturated carbocycles. The number of carbonyl (C=O) groups excluding carboxylic acids is 6. The number of rotatable bonds is 13. The summed E-state index contributed by atoms with van der Waals surface area (Å²) in [5.41, 5.74) is 8.82. The molecule has 5 rings (SSSR count). The molecule has 0 unspecified atom stereocenters. The largest absolute Gasteiger partial charge is 0.507 e. The summed E-state index contributed by atoms with van der Waals surface area (Å²) in [6.07, 6.45) is 1.48. The van der Waals surface area contributed by atoms with Crippen LogP contribution in [0.3, 0.4) is 0 Å². The molecule has 5 atom stereocenters. The van der Waals surface area contributed by atoms with E-state index in [9.17, 15) is 39.0 Å². The number of halogens is 1. The third-order valence-corrected chi connectivity index (χ3v) is 10.8. The summed E-state index contributed by atoms with van der Waals surface area (Å²) >= 11 is 6.04. The number of phenols is 2. The van der Waals surface area contributed by atoms with Gasteiger partial charge in [0.05, 0.1) is 6.04 Å². The first-order valence-electron chi connectivity index (χ1n) is 19.8. The molecule has 4 aromatic carbocycles. The minimum atomic E-state index is -1.42. The van der Waals surface area contributed by atoms with Gasteiger partial charge in [-0.1, -0.05) is 54.9 Å². The lowest BCUT2D eigenvalue weighted by Crippen LogP contribution is -2.57. The summed E-state index contributed by atoms with van der Waals surface area (Å²) in [6, 6.07) is 17.1. The van der Waals surface area contributed by atoms with Crippen molar-refractivity contribution in [2.45, 2.75) is 83.1 Å². The van der Waals surface area contributed by atoms with Crippen LogP contribution in [0.4, 0.5) is 0 Å². The zero-order valence-corrected chi connectivity index (χ0v) is 34.7. The topological polar surface area (TPSA) is 220 Å². The summed E-state index contributed by atoms with van der Waals surface area (Å²) in [4.78, 5) is 83.2. The lowest BCUT2D eigenvalue weighted by atomic mass is 9.93. The van der Waals surface area contributed by atoms with Crippen molar-refractivity contribution >= 4 is 46.9 Å². The molecule has 0 spiro atoms. The van der Waals surface area contributed by atoms with E-state index in [1.807, 2.05) is 12.1 Å². The van der Waals surface area contributed by atoms with Gasteiger partial charge >= 0.3 is 0 Å². The van der Waals surface area contributed by atoms with Crippen LogP contribution in [0, 0.1) is 0 Å². The lowest BCUT2D eigenvalue weighted by Gasteiger charge is -2.32. The average Bonchev–Trinajstić information content (AvgIpc) is 3.23. The Hall–Kier alpha value is -6.25. The fraction of sp³-hybridized carbons (Fsp3) is 0.333. The van der Waals surface area contributed by atoms with Gasteiger partial charge in [0.1, 0.15) is 35.7 Å². The highest BCUT2D eigenvalue weighted by Crippen LogP contribution is 2.39. The molecular weight excluding hydrogens is 788 g/mol. The van der Waals surface area contributed by atoms with Crippen LogP contribution in [0.25, 0.3) is 22.3 Å². The van der Waals surface area contributed by atoms with Crippen LogP contribution in [-0.2, 0) is 30.4 Å². The van der Waals surface area contributed by atoms with Crippen molar-refractivity contribution < 1.29 is 39.0 Å². The molecule has 0 saturated heterocycles. The number of nitrogens with one attached hydrogen (secondary N) is 4. The smallest absolute Gasteiger partial charge is 0.251 e. The number of aromatic hydroxyl groups is 2. The molecule has 15 heteroatoms. The number of amides is 5. The number of phenolic OH excluding ortho intramolecular Hbond substituents is 2. The van der Waals surface area contributed by atoms with Crippen molar-refractivity contribution in [3.05, 3.63) is 107 Å². The van der Waals surface area contributed by atoms with Gasteiger partial charge in [-0.3, -0.25) is 28.8 Å². The van der Waals surface area contributed by atoms with Crippen LogP contribution >= 0.6 is 11.6 Å². The highest BCUT2D eigenvalue weighted by molar-refractivity contribution is 6.30. The maximum Gasteiger partial charge on any atom is 0.251 e. The van der Waals surface area contributed by atoms with E-state index >= 15 is 0 Å². The van der Waals surface area contributed by atoms with Gasteiger partial charge in [0.2, 0.25) is 23.6 Å². The van der Waals surface area contributed by atoms with Gasteiger partial charge in [0.25, 0.3) is 5.91 Å². The Morgan fingerprint density at radius 2 is 1.45 bits per heavy atom. The zero-order chi connectivity index (χ0) is 43.7. The monoisotopic (exact) mass is 838 g/mol. The fourth-order valence-electron chi connectivity index (χ4n) is 7.10. The average molecular weight is 839 g/mol. The SMILES string of the molecule is CC[C@H](NC(=O)[C@@H]1Cc2ccc(O)c(c2)-c2cc(ccc2O)[C@H](N(C)C(=O)[C@H](CCCCN)NC(=O)c2ccc(-c3ccc(Cl)cc3)cc2)C(=O)N[C@@H](C)C(=O)N1)C(C)=O. The Kier molecular flexibility index (Phi) is 15.1. The van der Waals surface area contributed by atoms with Gasteiger partial charge in [-0.05, 0) is 117 Å². The van der Waals surface area contributed by atoms with Crippen LogP contribution in [0.5, 0.6) is 11.5 Å². The van der Waals surface area contributed by atoms with E-state index in [0.29, 0.717) is 42.0 Å². The minimum Gasteiger partial charge on any atom is -0.507 e. The summed E-state index contributed by atoms with van der Waals surface area (Å²) in [6.45, 7) is 4.86. The molecule has 14 nitrogen and oxygen atoms in total. The van der Waals surface area contributed by atoms with E-state index in [4.69, 9.17) is 17.3 Å². The van der Waals surface area contributed by atoms with E-state index in [1.165, 1.54) is 45.2 Å². The second kappa shape index (κ2) is 20.1. The number of benzene rings is 4. The second-order valence-electron chi connectivity index (χ2n) is 15.0. The van der Waals surface area contributed by atoms with Crippen LogP contribution in [0.2, 0.25) is 5.02 Å². The Labute approximate surface area is 353 Å². The number of Topliss-reactive ketones (excluding diaryl/α,β-unsaturated/α-hetero) is 1. The zero-order valence-electron chi connectivity index (χ0n) is 34.0. The normalized spacial score (nSPS) is 17.5. The summed E-state index contributed by atoms with van der Waals surface area (Å²) in [5.74, 6) is -4.03. The van der Waals surface area contributed by atoms with Gasteiger partial charge in [0.15, 0.2) is 5.78 Å². The molecule has 4 aromatic rings. The van der Waals surface area contributed by atoms with Crippen molar-refractivity contribution in [3.63, 3.8) is 0 Å². The molecule has 60 heavy (non-hydrogen) atoms. The Morgan fingerprint density at radius 3 is 2.07 bits per heavy atom. The van der Waals surface area contributed by atoms with Crippen LogP contribution in [0.15, 0.2) is 84.9 Å². The maximum absolute atomic E-state index is 14.5. The highest BCUT2D eigenvalue weighted by Gasteiger charge is 2.36. The lowest BCUT2D eigenvalue weighted by molar-refractivity contribution is -0.141. The van der Waals surface area contributed by atoms with Gasteiger partial charge in [-0.25, -0.2) is 0 Å². The van der Waals surface area contributed by atoms with Crippen molar-refractivity contribution in [2.24, 2.45) is 5.73 Å². The summed E-state index contributed by atoms with van der Waals surface area (Å²) < 4.78 is 0. The van der Waals surface area contributed by atoms with E-state index in [1.54, 1.807) is 55.5 Å². The van der Waals surface area contributed by atoms with E-state index in [0.717, 1.165) is 16.0 Å². The molecular formula is C45H51ClN6O8. The number of unbranched alkanes of at least 4 members (excludes halogenated alkanes) is 1. The van der Waals surface area contributed by atoms with E-state index < -0.39 is 59.7 Å². The molecule has 0 aliphatic carbocycles. The van der Waals surface area contributed by atoms with Crippen LogP contribution in [0.1, 0.15) is 74.0 Å². The molecule has 1 aliphatic heterocycles. The molecule has 4 bridgehead atoms. The van der Waals surface area contributed by atoms with Crippen LogP contribution in [-0.4, -0.2) is 88.2 Å². The number of fused-ring (bicyclic) bond motifs is 5. The predicted molar refractivity (Wildman–Crippen MR) is 228 cm³/mol. The third kappa shape index (κ3) is 10.9. The van der Waals surface area contributed by atoms with Crippen molar-refractivity contribution in [2.75, 3.05) is 13.6 Å². The van der Waals surface area contributed by atoms with Crippen molar-refractivity contribution in [1.29, 1.82) is 0 Å². The Morgan fingerprint density at radius 1 is 0.833 bits per heavy atom. The Balaban J connectivity index is 1.50. The van der Waals surface area contributed by atoms with Gasteiger partial charge in [-0.15, -0.1) is 0 Å². The van der Waals surface area contributed by atoms with Gasteiger partial charge < -0.3 is 42.1 Å². The molecule has 1 heterocycles. The number of likely N-dealkylation sites (N-methyl/N-ethyl adjacent to an activating group) is 1. The standard InChI is InChI=1S/C45H51ClN6O8/c1-5-35(26(3)53)49-43(58)37-23-27-9-19-38(54)33(22-27)34-24-31(16-20-39(34)55)40(44(59)48-25(2)41(56)51-37)52(4)45(60)36(8-6-7-21-47)50-42(57)30-12-10-28(11-13-30)29-14-17-32(46)18-15-29/h9-20,22,24-25,35-37,40,54-55H,5-8,21,23,47H2,1-4H3,(H,48,59)(H,49,58)(H,50,57)(H,51,56)/t25-,35-,36-,37-,40-/m0/s1. The molecule has 316 valence electrons. The first-order valence-corrected chi connectivity index (χ1v) is 20.2. The van der Waals surface area contributed by atoms with Crippen LogP contribution < -0.4 is 27.0 Å². The van der Waals surface area contributed by atoms with Gasteiger partial charge in [-0.2, -0.15) is 0 Å². The molecule has 0 radical (unpaired) electrons. The number of nitrogens with zero attached hydrogens (tertiary/aromatic N) is 1. The maximum atomic E-state index is 14.5. The molecule has 1 aliphatic rings. The van der Waals surface area contributed by atoms with E-state index in [-0.39, 0.29) is 46.8 Å².